The first-order chi connectivity index (χ1) is 6.20. The molecule has 0 saturated heterocycles. The second-order valence-corrected chi connectivity index (χ2v) is 1.84. The van der Waals surface area contributed by atoms with Crippen LogP contribution in [0.1, 0.15) is 34.1 Å². The molecule has 0 bridgehead atoms. The number of carbonyl (C=O) groups excluding carboxylic acids is 1. The molecule has 0 rings (SSSR count). The molecular weight excluding hydrogens is 170 g/mol. The van der Waals surface area contributed by atoms with Gasteiger partial charge in [0.05, 0.1) is 13.2 Å². The van der Waals surface area contributed by atoms with Crippen molar-refractivity contribution >= 4 is 11.9 Å². The number of nitrogens with one attached hydrogen (secondary N) is 1. The Balaban J connectivity index is 0. The van der Waals surface area contributed by atoms with E-state index >= 15 is 0 Å². The molecule has 0 aliphatic carbocycles. The first kappa shape index (κ1) is 14.5. The van der Waals surface area contributed by atoms with Gasteiger partial charge in [-0.3, -0.25) is 10.2 Å². The topological polar surface area (TPSA) is 59.4 Å². The van der Waals surface area contributed by atoms with Gasteiger partial charge in [-0.05, 0) is 13.8 Å². The van der Waals surface area contributed by atoms with Crippen LogP contribution < -0.4 is 0 Å². The van der Waals surface area contributed by atoms with Gasteiger partial charge in [-0.2, -0.15) is 0 Å². The number of esters is 1. The Labute approximate surface area is 79.7 Å². The van der Waals surface area contributed by atoms with Crippen LogP contribution >= 0.6 is 0 Å². The average molecular weight is 189 g/mol. The third-order valence-corrected chi connectivity index (χ3v) is 0.929. The molecule has 0 aromatic rings. The van der Waals surface area contributed by atoms with Crippen molar-refractivity contribution in [3.8, 4) is 0 Å². The Kier molecular flexibility index (Phi) is 12.2. The fraction of sp³-hybridized carbons (Fsp3) is 0.778. The van der Waals surface area contributed by atoms with Crippen LogP contribution in [0.4, 0.5) is 0 Å². The summed E-state index contributed by atoms with van der Waals surface area (Å²) in [6, 6.07) is 0. The first-order valence-corrected chi connectivity index (χ1v) is 4.56. The van der Waals surface area contributed by atoms with Crippen LogP contribution in [-0.4, -0.2) is 25.1 Å². The molecule has 0 radical (unpaired) electrons. The van der Waals surface area contributed by atoms with E-state index in [1.54, 1.807) is 13.8 Å². The lowest BCUT2D eigenvalue weighted by atomic mass is 10.4. The third-order valence-electron chi connectivity index (χ3n) is 0.929. The highest BCUT2D eigenvalue weighted by Gasteiger charge is 2.06. The summed E-state index contributed by atoms with van der Waals surface area (Å²) in [4.78, 5) is 10.7. The maximum atomic E-state index is 10.7. The van der Waals surface area contributed by atoms with Gasteiger partial charge in [0.2, 0.25) is 0 Å². The molecule has 0 atom stereocenters. The van der Waals surface area contributed by atoms with Gasteiger partial charge in [0.1, 0.15) is 6.42 Å². The smallest absolute Gasteiger partial charge is 0.315 e. The lowest BCUT2D eigenvalue weighted by Crippen LogP contribution is -2.12. The van der Waals surface area contributed by atoms with E-state index in [1.165, 1.54) is 0 Å². The number of hydrogen-bond acceptors (Lipinski definition) is 4. The standard InChI is InChI=1S/C7H13NO3.C2H6/c1-3-10-6(8)5-7(9)11-4-2;1-2/h8H,3-5H2,1-2H3;1-2H3. The lowest BCUT2D eigenvalue weighted by molar-refractivity contribution is -0.141. The summed E-state index contributed by atoms with van der Waals surface area (Å²) in [5, 5.41) is 7.07. The lowest BCUT2D eigenvalue weighted by Gasteiger charge is -2.03. The minimum Gasteiger partial charge on any atom is -0.481 e. The van der Waals surface area contributed by atoms with E-state index < -0.39 is 5.97 Å². The fourth-order valence-corrected chi connectivity index (χ4v) is 0.568. The number of ether oxygens (including phenoxy) is 2. The minimum absolute atomic E-state index is 0.0362. The monoisotopic (exact) mass is 189 g/mol. The zero-order chi connectivity index (χ0) is 10.7. The Hall–Kier alpha value is -1.06. The van der Waals surface area contributed by atoms with Crippen LogP contribution in [0.25, 0.3) is 0 Å². The SMILES string of the molecule is CC.CCOC(=N)CC(=O)OCC. The molecule has 0 amide bonds. The van der Waals surface area contributed by atoms with Crippen molar-refractivity contribution in [1.82, 2.24) is 0 Å². The number of rotatable bonds is 4. The van der Waals surface area contributed by atoms with Gasteiger partial charge in [-0.15, -0.1) is 0 Å². The van der Waals surface area contributed by atoms with E-state index in [1.807, 2.05) is 13.8 Å². The summed E-state index contributed by atoms with van der Waals surface area (Å²) in [5.74, 6) is -0.447. The van der Waals surface area contributed by atoms with Crippen LogP contribution in [0, 0.1) is 5.41 Å². The zero-order valence-electron chi connectivity index (χ0n) is 8.85. The van der Waals surface area contributed by atoms with Crippen LogP contribution in [-0.2, 0) is 14.3 Å². The molecule has 0 aromatic heterocycles. The van der Waals surface area contributed by atoms with Gasteiger partial charge >= 0.3 is 5.97 Å². The quantitative estimate of drug-likeness (QED) is 0.418. The molecule has 0 fully saturated rings. The molecule has 0 aromatic carbocycles. The van der Waals surface area contributed by atoms with Gasteiger partial charge in [-0.25, -0.2) is 0 Å². The van der Waals surface area contributed by atoms with Crippen LogP contribution in [0.5, 0.6) is 0 Å². The molecule has 0 aliphatic heterocycles. The van der Waals surface area contributed by atoms with E-state index in [2.05, 4.69) is 4.74 Å². The number of hydrogen-bond donors (Lipinski definition) is 1. The van der Waals surface area contributed by atoms with E-state index in [4.69, 9.17) is 10.1 Å². The highest BCUT2D eigenvalue weighted by molar-refractivity contribution is 5.92. The van der Waals surface area contributed by atoms with Crippen molar-refractivity contribution in [3.05, 3.63) is 0 Å². The van der Waals surface area contributed by atoms with Crippen molar-refractivity contribution in [1.29, 1.82) is 5.41 Å². The highest BCUT2D eigenvalue weighted by atomic mass is 16.5. The zero-order valence-corrected chi connectivity index (χ0v) is 8.85. The van der Waals surface area contributed by atoms with E-state index in [0.717, 1.165) is 0 Å². The Bertz CT molecular complexity index is 130. The molecule has 13 heavy (non-hydrogen) atoms. The highest BCUT2D eigenvalue weighted by Crippen LogP contribution is 1.90. The largest absolute Gasteiger partial charge is 0.481 e. The normalized spacial score (nSPS) is 8.00. The van der Waals surface area contributed by atoms with E-state index in [-0.39, 0.29) is 12.3 Å². The number of carbonyl (C=O) groups is 1. The summed E-state index contributed by atoms with van der Waals surface area (Å²) in [6.07, 6.45) is -0.0678. The van der Waals surface area contributed by atoms with Crippen LogP contribution in [0.15, 0.2) is 0 Å². The molecule has 1 N–H and O–H groups in total. The van der Waals surface area contributed by atoms with Crippen molar-refractivity contribution in [2.75, 3.05) is 13.2 Å². The summed E-state index contributed by atoms with van der Waals surface area (Å²) < 4.78 is 9.34. The fourth-order valence-electron chi connectivity index (χ4n) is 0.568. The Morgan fingerprint density at radius 1 is 1.15 bits per heavy atom. The molecule has 0 aliphatic rings. The maximum absolute atomic E-state index is 10.7. The van der Waals surface area contributed by atoms with E-state index in [9.17, 15) is 4.79 Å². The molecule has 4 heteroatoms. The summed E-state index contributed by atoms with van der Waals surface area (Å²) >= 11 is 0. The molecule has 4 nitrogen and oxygen atoms in total. The summed E-state index contributed by atoms with van der Waals surface area (Å²) in [7, 11) is 0. The van der Waals surface area contributed by atoms with Crippen LogP contribution in [0.2, 0.25) is 0 Å². The second kappa shape index (κ2) is 10.9. The van der Waals surface area contributed by atoms with Gasteiger partial charge in [0.15, 0.2) is 5.90 Å². The van der Waals surface area contributed by atoms with Crippen molar-refractivity contribution < 1.29 is 14.3 Å². The molecule has 0 heterocycles. The van der Waals surface area contributed by atoms with Crippen molar-refractivity contribution in [2.45, 2.75) is 34.1 Å². The van der Waals surface area contributed by atoms with Crippen molar-refractivity contribution in [3.63, 3.8) is 0 Å². The molecule has 0 saturated carbocycles. The first-order valence-electron chi connectivity index (χ1n) is 4.56. The molecular formula is C9H19NO3. The predicted molar refractivity (Wildman–Crippen MR) is 52.0 cm³/mol. The van der Waals surface area contributed by atoms with Gasteiger partial charge < -0.3 is 9.47 Å². The predicted octanol–water partition coefficient (Wildman–Crippen LogP) is 1.98. The summed E-state index contributed by atoms with van der Waals surface area (Å²) in [6.45, 7) is 8.25. The molecule has 78 valence electrons. The minimum atomic E-state index is -0.411. The summed E-state index contributed by atoms with van der Waals surface area (Å²) in [5.41, 5.74) is 0. The van der Waals surface area contributed by atoms with Gasteiger partial charge in [0.25, 0.3) is 0 Å². The van der Waals surface area contributed by atoms with Gasteiger partial charge in [-0.1, -0.05) is 13.8 Å². The Morgan fingerprint density at radius 3 is 2.00 bits per heavy atom. The molecule has 0 unspecified atom stereocenters. The molecule has 0 spiro atoms. The van der Waals surface area contributed by atoms with Gasteiger partial charge in [0, 0.05) is 0 Å². The average Bonchev–Trinajstić information content (AvgIpc) is 2.08. The third kappa shape index (κ3) is 10.9. The maximum Gasteiger partial charge on any atom is 0.315 e. The Morgan fingerprint density at radius 2 is 1.62 bits per heavy atom. The van der Waals surface area contributed by atoms with E-state index in [0.29, 0.717) is 13.2 Å². The van der Waals surface area contributed by atoms with Crippen LogP contribution in [0.3, 0.4) is 0 Å². The van der Waals surface area contributed by atoms with Crippen molar-refractivity contribution in [2.24, 2.45) is 0 Å². The second-order valence-electron chi connectivity index (χ2n) is 1.84.